The summed E-state index contributed by atoms with van der Waals surface area (Å²) in [5.74, 6) is 1.12. The Balaban J connectivity index is 1.51. The highest BCUT2D eigenvalue weighted by Crippen LogP contribution is 2.35. The standard InChI is InChI=1S/C25H20ClNO3S2/c1-29-21-12-9-19(13-22(21)30-16-18-7-10-20(26)11-8-18)14-23-24(28)27(25(31)32-23)15-17-5-3-2-4-6-17/h2-14H,15-16H2,1H3/b23-14-. The van der Waals surface area contributed by atoms with Gasteiger partial charge in [-0.05, 0) is 47.0 Å². The lowest BCUT2D eigenvalue weighted by atomic mass is 10.1. The molecule has 0 radical (unpaired) electrons. The summed E-state index contributed by atoms with van der Waals surface area (Å²) in [5, 5.41) is 0.679. The Morgan fingerprint density at radius 3 is 2.47 bits per heavy atom. The van der Waals surface area contributed by atoms with Crippen LogP contribution in [0.1, 0.15) is 16.7 Å². The first kappa shape index (κ1) is 22.4. The second-order valence-corrected chi connectivity index (χ2v) is 9.19. The number of hydrogen-bond acceptors (Lipinski definition) is 5. The van der Waals surface area contributed by atoms with Crippen LogP contribution in [0, 0.1) is 0 Å². The lowest BCUT2D eigenvalue weighted by Crippen LogP contribution is -2.27. The van der Waals surface area contributed by atoms with E-state index in [1.807, 2.05) is 78.9 Å². The minimum atomic E-state index is -0.0942. The first-order valence-electron chi connectivity index (χ1n) is 9.88. The number of amides is 1. The molecule has 0 N–H and O–H groups in total. The van der Waals surface area contributed by atoms with Crippen molar-refractivity contribution in [1.29, 1.82) is 0 Å². The number of benzene rings is 3. The Labute approximate surface area is 201 Å². The summed E-state index contributed by atoms with van der Waals surface area (Å²) < 4.78 is 12.0. The average Bonchev–Trinajstić information content (AvgIpc) is 3.07. The van der Waals surface area contributed by atoms with Gasteiger partial charge in [0.2, 0.25) is 0 Å². The smallest absolute Gasteiger partial charge is 0.266 e. The molecule has 4 rings (SSSR count). The molecule has 162 valence electrons. The van der Waals surface area contributed by atoms with E-state index in [0.29, 0.717) is 38.9 Å². The number of carbonyl (C=O) groups excluding carboxylic acids is 1. The fraction of sp³-hybridized carbons (Fsp3) is 0.120. The van der Waals surface area contributed by atoms with Crippen molar-refractivity contribution in [2.24, 2.45) is 0 Å². The van der Waals surface area contributed by atoms with Crippen LogP contribution in [0.2, 0.25) is 5.02 Å². The number of thiocarbonyl (C=S) groups is 1. The molecule has 0 unspecified atom stereocenters. The van der Waals surface area contributed by atoms with Gasteiger partial charge in [0.25, 0.3) is 5.91 Å². The van der Waals surface area contributed by atoms with Crippen LogP contribution in [0.4, 0.5) is 0 Å². The molecule has 1 aliphatic rings. The van der Waals surface area contributed by atoms with Crippen LogP contribution >= 0.6 is 35.6 Å². The van der Waals surface area contributed by atoms with Crippen LogP contribution in [0.5, 0.6) is 11.5 Å². The van der Waals surface area contributed by atoms with Gasteiger partial charge in [0.1, 0.15) is 10.9 Å². The number of halogens is 1. The fourth-order valence-corrected chi connectivity index (χ4v) is 4.57. The summed E-state index contributed by atoms with van der Waals surface area (Å²) >= 11 is 12.7. The number of ether oxygens (including phenoxy) is 2. The Morgan fingerprint density at radius 1 is 1.00 bits per heavy atom. The summed E-state index contributed by atoms with van der Waals surface area (Å²) in [7, 11) is 1.60. The molecular weight excluding hydrogens is 462 g/mol. The van der Waals surface area contributed by atoms with Gasteiger partial charge in [0.05, 0.1) is 18.6 Å². The number of carbonyl (C=O) groups is 1. The molecule has 0 atom stereocenters. The van der Waals surface area contributed by atoms with E-state index in [9.17, 15) is 4.79 Å². The van der Waals surface area contributed by atoms with Gasteiger partial charge in [0, 0.05) is 5.02 Å². The van der Waals surface area contributed by atoms with Crippen molar-refractivity contribution in [3.05, 3.63) is 99.4 Å². The molecule has 1 saturated heterocycles. The molecule has 1 fully saturated rings. The van der Waals surface area contributed by atoms with Crippen LogP contribution in [0.25, 0.3) is 6.08 Å². The molecule has 3 aromatic carbocycles. The van der Waals surface area contributed by atoms with Crippen LogP contribution in [0.15, 0.2) is 77.7 Å². The lowest BCUT2D eigenvalue weighted by molar-refractivity contribution is -0.122. The zero-order valence-corrected chi connectivity index (χ0v) is 19.7. The van der Waals surface area contributed by atoms with Crippen LogP contribution in [-0.4, -0.2) is 22.2 Å². The van der Waals surface area contributed by atoms with E-state index in [1.165, 1.54) is 11.8 Å². The molecule has 32 heavy (non-hydrogen) atoms. The van der Waals surface area contributed by atoms with Gasteiger partial charge < -0.3 is 9.47 Å². The van der Waals surface area contributed by atoms with Crippen molar-refractivity contribution in [2.75, 3.05) is 7.11 Å². The van der Waals surface area contributed by atoms with Crippen molar-refractivity contribution in [3.8, 4) is 11.5 Å². The predicted octanol–water partition coefficient (Wildman–Crippen LogP) is 6.33. The second-order valence-electron chi connectivity index (χ2n) is 7.08. The zero-order chi connectivity index (χ0) is 22.5. The van der Waals surface area contributed by atoms with E-state index in [1.54, 1.807) is 12.0 Å². The van der Waals surface area contributed by atoms with E-state index in [-0.39, 0.29) is 5.91 Å². The van der Waals surface area contributed by atoms with Crippen molar-refractivity contribution < 1.29 is 14.3 Å². The maximum absolute atomic E-state index is 13.0. The van der Waals surface area contributed by atoms with Gasteiger partial charge in [-0.15, -0.1) is 0 Å². The maximum atomic E-state index is 13.0. The number of thioether (sulfide) groups is 1. The normalized spacial score (nSPS) is 14.8. The molecule has 0 spiro atoms. The number of rotatable bonds is 7. The van der Waals surface area contributed by atoms with Crippen LogP contribution in [-0.2, 0) is 17.9 Å². The summed E-state index contributed by atoms with van der Waals surface area (Å²) in [6.07, 6.45) is 1.83. The van der Waals surface area contributed by atoms with E-state index in [2.05, 4.69) is 0 Å². The lowest BCUT2D eigenvalue weighted by Gasteiger charge is -2.14. The largest absolute Gasteiger partial charge is 0.493 e. The summed E-state index contributed by atoms with van der Waals surface area (Å²) in [6.45, 7) is 0.830. The molecule has 0 aromatic heterocycles. The number of nitrogens with zero attached hydrogens (tertiary/aromatic N) is 1. The van der Waals surface area contributed by atoms with Crippen LogP contribution in [0.3, 0.4) is 0 Å². The summed E-state index contributed by atoms with van der Waals surface area (Å²) in [6, 6.07) is 22.9. The summed E-state index contributed by atoms with van der Waals surface area (Å²) in [4.78, 5) is 15.2. The molecule has 0 bridgehead atoms. The predicted molar refractivity (Wildman–Crippen MR) is 134 cm³/mol. The fourth-order valence-electron chi connectivity index (χ4n) is 3.19. The van der Waals surface area contributed by atoms with Gasteiger partial charge in [-0.25, -0.2) is 0 Å². The van der Waals surface area contributed by atoms with E-state index in [0.717, 1.165) is 16.7 Å². The van der Waals surface area contributed by atoms with E-state index >= 15 is 0 Å². The first-order chi connectivity index (χ1) is 15.5. The Hall–Kier alpha value is -2.80. The molecule has 0 aliphatic carbocycles. The van der Waals surface area contributed by atoms with Crippen molar-refractivity contribution in [2.45, 2.75) is 13.2 Å². The first-order valence-corrected chi connectivity index (χ1v) is 11.5. The summed E-state index contributed by atoms with van der Waals surface area (Å²) in [5.41, 5.74) is 2.85. The maximum Gasteiger partial charge on any atom is 0.266 e. The monoisotopic (exact) mass is 481 g/mol. The molecule has 7 heteroatoms. The highest BCUT2D eigenvalue weighted by molar-refractivity contribution is 8.26. The van der Waals surface area contributed by atoms with Crippen molar-refractivity contribution in [3.63, 3.8) is 0 Å². The number of hydrogen-bond donors (Lipinski definition) is 0. The van der Waals surface area contributed by atoms with Crippen LogP contribution < -0.4 is 9.47 Å². The average molecular weight is 482 g/mol. The van der Waals surface area contributed by atoms with Gasteiger partial charge in [-0.2, -0.15) is 0 Å². The van der Waals surface area contributed by atoms with Gasteiger partial charge in [-0.3, -0.25) is 9.69 Å². The number of methoxy groups -OCH3 is 1. The third-order valence-corrected chi connectivity index (χ3v) is 6.48. The Morgan fingerprint density at radius 2 is 1.75 bits per heavy atom. The molecule has 1 amide bonds. The molecule has 1 heterocycles. The highest BCUT2D eigenvalue weighted by atomic mass is 35.5. The Kier molecular flexibility index (Phi) is 7.15. The third kappa shape index (κ3) is 5.33. The molecule has 4 nitrogen and oxygen atoms in total. The third-order valence-electron chi connectivity index (χ3n) is 4.85. The molecule has 1 aliphatic heterocycles. The molecule has 3 aromatic rings. The van der Waals surface area contributed by atoms with E-state index in [4.69, 9.17) is 33.3 Å². The quantitative estimate of drug-likeness (QED) is 0.291. The molecule has 0 saturated carbocycles. The van der Waals surface area contributed by atoms with Gasteiger partial charge in [-0.1, -0.05) is 84.1 Å². The SMILES string of the molecule is COc1ccc(/C=C2\SC(=S)N(Cc3ccccc3)C2=O)cc1OCc1ccc(Cl)cc1. The van der Waals surface area contributed by atoms with E-state index < -0.39 is 0 Å². The topological polar surface area (TPSA) is 38.8 Å². The Bertz CT molecular complexity index is 1160. The zero-order valence-electron chi connectivity index (χ0n) is 17.3. The van der Waals surface area contributed by atoms with Gasteiger partial charge in [0.15, 0.2) is 11.5 Å². The minimum absolute atomic E-state index is 0.0942. The van der Waals surface area contributed by atoms with Crippen molar-refractivity contribution in [1.82, 2.24) is 4.90 Å². The van der Waals surface area contributed by atoms with Gasteiger partial charge >= 0.3 is 0 Å². The second kappa shape index (κ2) is 10.2. The van der Waals surface area contributed by atoms with Crippen molar-refractivity contribution >= 4 is 51.9 Å². The molecular formula is C25H20ClNO3S2. The highest BCUT2D eigenvalue weighted by Gasteiger charge is 2.32. The minimum Gasteiger partial charge on any atom is -0.493 e.